The van der Waals surface area contributed by atoms with Gasteiger partial charge in [-0.3, -0.25) is 9.69 Å². The van der Waals surface area contributed by atoms with Crippen LogP contribution < -0.4 is 10.2 Å². The molecule has 0 bridgehead atoms. The lowest BCUT2D eigenvalue weighted by molar-refractivity contribution is -0.125. The number of hydrogen-bond acceptors (Lipinski definition) is 6. The Bertz CT molecular complexity index is 507. The van der Waals surface area contributed by atoms with Crippen LogP contribution in [0, 0.1) is 5.92 Å². The third-order valence-corrected chi connectivity index (χ3v) is 4.68. The molecule has 24 heavy (non-hydrogen) atoms. The Balaban J connectivity index is 1.38. The smallest absolute Gasteiger partial charge is 0.225 e. The molecular formula is C17H27N5O2. The number of anilines is 1. The summed E-state index contributed by atoms with van der Waals surface area (Å²) in [6.07, 6.45) is 6.43. The largest absolute Gasteiger partial charge is 0.379 e. The van der Waals surface area contributed by atoms with Gasteiger partial charge in [0.25, 0.3) is 0 Å². The zero-order valence-corrected chi connectivity index (χ0v) is 14.2. The van der Waals surface area contributed by atoms with Crippen LogP contribution in [0.5, 0.6) is 0 Å². The molecule has 1 amide bonds. The second-order valence-corrected chi connectivity index (χ2v) is 6.43. The molecule has 7 nitrogen and oxygen atoms in total. The minimum Gasteiger partial charge on any atom is -0.379 e. The van der Waals surface area contributed by atoms with Crippen molar-refractivity contribution in [3.63, 3.8) is 0 Å². The van der Waals surface area contributed by atoms with E-state index < -0.39 is 0 Å². The van der Waals surface area contributed by atoms with Gasteiger partial charge in [0.05, 0.1) is 19.1 Å². The Morgan fingerprint density at radius 1 is 1.25 bits per heavy atom. The van der Waals surface area contributed by atoms with Gasteiger partial charge in [-0.05, 0) is 31.9 Å². The number of nitrogens with zero attached hydrogens (tertiary/aromatic N) is 4. The highest BCUT2D eigenvalue weighted by Gasteiger charge is 2.26. The third-order valence-electron chi connectivity index (χ3n) is 4.68. The molecule has 1 aromatic rings. The number of carbonyl (C=O) groups is 1. The zero-order valence-electron chi connectivity index (χ0n) is 14.2. The first kappa shape index (κ1) is 17.1. The molecule has 0 radical (unpaired) electrons. The second-order valence-electron chi connectivity index (χ2n) is 6.43. The van der Waals surface area contributed by atoms with Gasteiger partial charge in [-0.25, -0.2) is 9.97 Å². The average molecular weight is 333 g/mol. The maximum absolute atomic E-state index is 12.4. The van der Waals surface area contributed by atoms with Crippen LogP contribution in [0.25, 0.3) is 0 Å². The molecule has 0 aromatic carbocycles. The van der Waals surface area contributed by atoms with Crippen molar-refractivity contribution in [2.45, 2.75) is 19.3 Å². The average Bonchev–Trinajstić information content (AvgIpc) is 2.67. The van der Waals surface area contributed by atoms with Crippen LogP contribution >= 0.6 is 0 Å². The molecule has 0 spiro atoms. The molecule has 132 valence electrons. The molecule has 1 aromatic heterocycles. The fourth-order valence-corrected chi connectivity index (χ4v) is 3.31. The Labute approximate surface area is 143 Å². The molecule has 2 aliphatic rings. The van der Waals surface area contributed by atoms with E-state index in [1.165, 1.54) is 0 Å². The van der Waals surface area contributed by atoms with Gasteiger partial charge in [0.1, 0.15) is 0 Å². The maximum atomic E-state index is 12.4. The Kier molecular flexibility index (Phi) is 6.37. The van der Waals surface area contributed by atoms with Crippen LogP contribution in [0.4, 0.5) is 5.95 Å². The predicted octanol–water partition coefficient (Wildman–Crippen LogP) is 0.532. The van der Waals surface area contributed by atoms with Gasteiger partial charge in [-0.1, -0.05) is 0 Å². The van der Waals surface area contributed by atoms with Crippen molar-refractivity contribution in [3.8, 4) is 0 Å². The molecule has 7 heteroatoms. The van der Waals surface area contributed by atoms with E-state index in [1.807, 2.05) is 6.07 Å². The van der Waals surface area contributed by atoms with Crippen LogP contribution in [-0.4, -0.2) is 73.3 Å². The normalized spacial score (nSPS) is 22.3. The first-order valence-electron chi connectivity index (χ1n) is 8.93. The summed E-state index contributed by atoms with van der Waals surface area (Å²) >= 11 is 0. The van der Waals surface area contributed by atoms with Crippen LogP contribution in [0.1, 0.15) is 19.3 Å². The van der Waals surface area contributed by atoms with E-state index in [9.17, 15) is 4.79 Å². The van der Waals surface area contributed by atoms with E-state index in [0.29, 0.717) is 6.54 Å². The van der Waals surface area contributed by atoms with Gasteiger partial charge in [-0.15, -0.1) is 0 Å². The Morgan fingerprint density at radius 2 is 2.04 bits per heavy atom. The van der Waals surface area contributed by atoms with Gasteiger partial charge in [0, 0.05) is 45.1 Å². The first-order valence-corrected chi connectivity index (χ1v) is 8.93. The van der Waals surface area contributed by atoms with Gasteiger partial charge < -0.3 is 15.0 Å². The summed E-state index contributed by atoms with van der Waals surface area (Å²) in [6, 6.07) is 1.81. The number of piperidine rings is 1. The lowest BCUT2D eigenvalue weighted by Crippen LogP contribution is -2.44. The standard InChI is InChI=1S/C17H27N5O2/c23-16(18-7-3-8-21-10-12-24-13-11-21)15-4-1-9-22(14-15)17-19-5-2-6-20-17/h2,5-6,15H,1,3-4,7-14H2,(H,18,23). The first-order chi connectivity index (χ1) is 11.8. The highest BCUT2D eigenvalue weighted by atomic mass is 16.5. The molecule has 0 saturated carbocycles. The van der Waals surface area contributed by atoms with Crippen molar-refractivity contribution in [1.29, 1.82) is 0 Å². The van der Waals surface area contributed by atoms with Gasteiger partial charge in [0.15, 0.2) is 0 Å². The summed E-state index contributed by atoms with van der Waals surface area (Å²) in [5, 5.41) is 3.10. The van der Waals surface area contributed by atoms with E-state index in [2.05, 4.69) is 25.1 Å². The number of nitrogens with one attached hydrogen (secondary N) is 1. The highest BCUT2D eigenvalue weighted by Crippen LogP contribution is 2.20. The van der Waals surface area contributed by atoms with Crippen LogP contribution in [0.15, 0.2) is 18.5 Å². The summed E-state index contributed by atoms with van der Waals surface area (Å²) in [7, 11) is 0. The van der Waals surface area contributed by atoms with Gasteiger partial charge in [-0.2, -0.15) is 0 Å². The lowest BCUT2D eigenvalue weighted by atomic mass is 9.97. The number of amides is 1. The van der Waals surface area contributed by atoms with Crippen LogP contribution in [0.3, 0.4) is 0 Å². The Morgan fingerprint density at radius 3 is 2.83 bits per heavy atom. The van der Waals surface area contributed by atoms with Crippen molar-refractivity contribution in [3.05, 3.63) is 18.5 Å². The van der Waals surface area contributed by atoms with Crippen LogP contribution in [0.2, 0.25) is 0 Å². The summed E-state index contributed by atoms with van der Waals surface area (Å²) in [5.74, 6) is 0.922. The molecule has 3 heterocycles. The van der Waals surface area contributed by atoms with Crippen molar-refractivity contribution >= 4 is 11.9 Å². The third kappa shape index (κ3) is 4.88. The van der Waals surface area contributed by atoms with Gasteiger partial charge in [0.2, 0.25) is 11.9 Å². The molecule has 0 aliphatic carbocycles. The second kappa shape index (κ2) is 8.94. The summed E-state index contributed by atoms with van der Waals surface area (Å²) in [6.45, 7) is 7.06. The molecule has 1 unspecified atom stereocenters. The predicted molar refractivity (Wildman–Crippen MR) is 91.9 cm³/mol. The molecule has 1 N–H and O–H groups in total. The van der Waals surface area contributed by atoms with Crippen molar-refractivity contribution in [2.24, 2.45) is 5.92 Å². The van der Waals surface area contributed by atoms with Crippen molar-refractivity contribution in [1.82, 2.24) is 20.2 Å². The monoisotopic (exact) mass is 333 g/mol. The highest BCUT2D eigenvalue weighted by molar-refractivity contribution is 5.79. The number of hydrogen-bond donors (Lipinski definition) is 1. The van der Waals surface area contributed by atoms with Crippen molar-refractivity contribution < 1.29 is 9.53 Å². The molecule has 2 fully saturated rings. The molecule has 1 atom stereocenters. The molecule has 2 aliphatic heterocycles. The minimum absolute atomic E-state index is 0.0333. The number of carbonyl (C=O) groups excluding carboxylic acids is 1. The zero-order chi connectivity index (χ0) is 16.6. The summed E-state index contributed by atoms with van der Waals surface area (Å²) in [4.78, 5) is 25.5. The minimum atomic E-state index is 0.0333. The summed E-state index contributed by atoms with van der Waals surface area (Å²) < 4.78 is 5.34. The SMILES string of the molecule is O=C(NCCCN1CCOCC1)C1CCCN(c2ncccn2)C1. The quantitative estimate of drug-likeness (QED) is 0.766. The fraction of sp³-hybridized carbons (Fsp3) is 0.706. The van der Waals surface area contributed by atoms with E-state index in [0.717, 1.165) is 71.1 Å². The van der Waals surface area contributed by atoms with Crippen LogP contribution in [-0.2, 0) is 9.53 Å². The summed E-state index contributed by atoms with van der Waals surface area (Å²) in [5.41, 5.74) is 0. The van der Waals surface area contributed by atoms with E-state index in [-0.39, 0.29) is 11.8 Å². The molecule has 2 saturated heterocycles. The van der Waals surface area contributed by atoms with E-state index in [4.69, 9.17) is 4.74 Å². The molecule has 3 rings (SSSR count). The number of aromatic nitrogens is 2. The topological polar surface area (TPSA) is 70.6 Å². The van der Waals surface area contributed by atoms with Gasteiger partial charge >= 0.3 is 0 Å². The number of rotatable bonds is 6. The lowest BCUT2D eigenvalue weighted by Gasteiger charge is -2.32. The maximum Gasteiger partial charge on any atom is 0.225 e. The van der Waals surface area contributed by atoms with Crippen molar-refractivity contribution in [2.75, 3.05) is 57.4 Å². The Hall–Kier alpha value is -1.73. The number of morpholine rings is 1. The van der Waals surface area contributed by atoms with E-state index in [1.54, 1.807) is 12.4 Å². The molecular weight excluding hydrogens is 306 g/mol. The van der Waals surface area contributed by atoms with E-state index >= 15 is 0 Å². The number of ether oxygens (including phenoxy) is 1. The fourth-order valence-electron chi connectivity index (χ4n) is 3.31.